The molecule has 0 aromatic heterocycles. The topological polar surface area (TPSA) is 124 Å². The molecule has 3 aliphatic heterocycles. The summed E-state index contributed by atoms with van der Waals surface area (Å²) in [5.41, 5.74) is -2.04. The first kappa shape index (κ1) is 6.08. The number of rotatable bonds is 1. The fourth-order valence-corrected chi connectivity index (χ4v) is 0.992. The van der Waals surface area contributed by atoms with Crippen molar-refractivity contribution in [2.24, 2.45) is 30.8 Å². The van der Waals surface area contributed by atoms with Crippen molar-refractivity contribution >= 4 is 0 Å². The van der Waals surface area contributed by atoms with Crippen molar-refractivity contribution in [1.82, 2.24) is 0 Å². The van der Waals surface area contributed by atoms with Gasteiger partial charge >= 0.3 is 17.4 Å². The summed E-state index contributed by atoms with van der Waals surface area (Å²) in [5.74, 6) is -3.58. The average Bonchev–Trinajstić information content (AvgIpc) is 2.62. The zero-order chi connectivity index (χ0) is 8.45. The first-order chi connectivity index (χ1) is 5.62. The van der Waals surface area contributed by atoms with Gasteiger partial charge < -0.3 is 15.1 Å². The monoisotopic (exact) mass is 170 g/mol. The summed E-state index contributed by atoms with van der Waals surface area (Å²) in [4.78, 5) is 4.50. The molecule has 9 heteroatoms. The van der Waals surface area contributed by atoms with Crippen LogP contribution in [0.4, 0.5) is 0 Å². The highest BCUT2D eigenvalue weighted by Crippen LogP contribution is 2.55. The van der Waals surface area contributed by atoms with E-state index in [0.29, 0.717) is 0 Å². The molecule has 3 rings (SSSR count). The maximum Gasteiger partial charge on any atom is 0.419 e. The van der Waals surface area contributed by atoms with Crippen molar-refractivity contribution < 1.29 is 15.1 Å². The second-order valence-corrected chi connectivity index (χ2v) is 2.59. The second kappa shape index (κ2) is 1.25. The highest BCUT2D eigenvalue weighted by Gasteiger charge is 2.81. The van der Waals surface area contributed by atoms with Gasteiger partial charge in [0.1, 0.15) is 0 Å². The van der Waals surface area contributed by atoms with Crippen molar-refractivity contribution in [3.05, 3.63) is 0 Å². The van der Waals surface area contributed by atoms with Gasteiger partial charge in [0.05, 0.1) is 0 Å². The normalized spacial score (nSPS) is 49.8. The van der Waals surface area contributed by atoms with E-state index in [1.165, 1.54) is 0 Å². The summed E-state index contributed by atoms with van der Waals surface area (Å²) < 4.78 is 0. The Balaban J connectivity index is 2.03. The summed E-state index contributed by atoms with van der Waals surface area (Å²) in [5, 5.41) is 38.4. The van der Waals surface area contributed by atoms with Crippen LogP contribution in [-0.4, -0.2) is 27.6 Å². The van der Waals surface area contributed by atoms with Gasteiger partial charge in [-0.3, -0.25) is 0 Å². The molecule has 0 aromatic carbocycles. The summed E-state index contributed by atoms with van der Waals surface area (Å²) in [6.45, 7) is 0. The number of azo groups is 1. The Bertz CT molecular complexity index is 344. The van der Waals surface area contributed by atoms with Gasteiger partial charge in [-0.25, -0.2) is 0 Å². The van der Waals surface area contributed by atoms with Gasteiger partial charge in [0.2, 0.25) is 0 Å². The van der Waals surface area contributed by atoms with Crippen LogP contribution in [0.1, 0.15) is 0 Å². The maximum absolute atomic E-state index is 9.60. The van der Waals surface area contributed by atoms with Crippen molar-refractivity contribution in [2.75, 3.05) is 0 Å². The molecule has 0 radical (unpaired) electrons. The lowest BCUT2D eigenvalue weighted by Crippen LogP contribution is -2.67. The van der Waals surface area contributed by atoms with E-state index in [9.17, 15) is 10.2 Å². The fourth-order valence-electron chi connectivity index (χ4n) is 0.992. The lowest BCUT2D eigenvalue weighted by Gasteiger charge is -2.42. The van der Waals surface area contributed by atoms with Gasteiger partial charge in [-0.05, 0) is 0 Å². The highest BCUT2D eigenvalue weighted by atomic mass is 16.7. The quantitative estimate of drug-likeness (QED) is 0.540. The molecule has 0 saturated heterocycles. The van der Waals surface area contributed by atoms with Crippen LogP contribution in [0.15, 0.2) is 30.8 Å². The molecule has 0 bridgehead atoms. The molecule has 12 heavy (non-hydrogen) atoms. The molecular weight excluding hydrogens is 168 g/mol. The molecule has 0 fully saturated rings. The Labute approximate surface area is 64.4 Å². The highest BCUT2D eigenvalue weighted by molar-refractivity contribution is 5.15. The SMILES string of the molecule is OC1(C2(O)N=NC23N=NO3)N=N1. The lowest BCUT2D eigenvalue weighted by molar-refractivity contribution is -0.312. The number of nitrogens with zero attached hydrogens (tertiary/aromatic N) is 6. The van der Waals surface area contributed by atoms with Crippen LogP contribution >= 0.6 is 0 Å². The molecule has 2 unspecified atom stereocenters. The molecule has 3 aliphatic rings. The molecule has 62 valence electrons. The van der Waals surface area contributed by atoms with Crippen LogP contribution in [0.25, 0.3) is 0 Å². The molecule has 0 amide bonds. The van der Waals surface area contributed by atoms with Gasteiger partial charge in [0, 0.05) is 5.28 Å². The Morgan fingerprint density at radius 1 is 0.917 bits per heavy atom. The van der Waals surface area contributed by atoms with Gasteiger partial charge in [-0.15, -0.1) is 20.5 Å². The van der Waals surface area contributed by atoms with Crippen LogP contribution in [0.5, 0.6) is 0 Å². The molecule has 2 atom stereocenters. The Hall–Kier alpha value is -1.48. The van der Waals surface area contributed by atoms with E-state index < -0.39 is 17.4 Å². The molecule has 0 saturated carbocycles. The second-order valence-electron chi connectivity index (χ2n) is 2.59. The van der Waals surface area contributed by atoms with E-state index >= 15 is 0 Å². The van der Waals surface area contributed by atoms with Crippen LogP contribution in [-0.2, 0) is 4.84 Å². The Morgan fingerprint density at radius 3 is 1.83 bits per heavy atom. The van der Waals surface area contributed by atoms with E-state index in [2.05, 4.69) is 35.7 Å². The van der Waals surface area contributed by atoms with E-state index in [0.717, 1.165) is 0 Å². The molecular formula is C3H2N6O3. The van der Waals surface area contributed by atoms with Gasteiger partial charge in [-0.2, -0.15) is 0 Å². The third-order valence-corrected chi connectivity index (χ3v) is 1.89. The van der Waals surface area contributed by atoms with Crippen molar-refractivity contribution in [3.8, 4) is 0 Å². The smallest absolute Gasteiger partial charge is 0.356 e. The third kappa shape index (κ3) is 0.361. The van der Waals surface area contributed by atoms with Crippen molar-refractivity contribution in [3.63, 3.8) is 0 Å². The van der Waals surface area contributed by atoms with Crippen molar-refractivity contribution in [2.45, 2.75) is 17.4 Å². The third-order valence-electron chi connectivity index (χ3n) is 1.89. The van der Waals surface area contributed by atoms with Crippen LogP contribution in [0.2, 0.25) is 0 Å². The predicted molar refractivity (Wildman–Crippen MR) is 28.3 cm³/mol. The van der Waals surface area contributed by atoms with E-state index in [4.69, 9.17) is 0 Å². The number of hydrogen-bond acceptors (Lipinski definition) is 9. The zero-order valence-electron chi connectivity index (χ0n) is 5.49. The van der Waals surface area contributed by atoms with Gasteiger partial charge in [0.15, 0.2) is 0 Å². The molecule has 0 aliphatic carbocycles. The largest absolute Gasteiger partial charge is 0.419 e. The molecule has 1 spiro atoms. The van der Waals surface area contributed by atoms with E-state index in [1.54, 1.807) is 0 Å². The number of aliphatic hydroxyl groups is 2. The van der Waals surface area contributed by atoms with E-state index in [-0.39, 0.29) is 0 Å². The molecule has 9 nitrogen and oxygen atoms in total. The fraction of sp³-hybridized carbons (Fsp3) is 1.00. The summed E-state index contributed by atoms with van der Waals surface area (Å²) in [6, 6.07) is 0. The number of hydrogen-bond donors (Lipinski definition) is 2. The van der Waals surface area contributed by atoms with Gasteiger partial charge in [0.25, 0.3) is 0 Å². The first-order valence-corrected chi connectivity index (χ1v) is 3.05. The standard InChI is InChI=1S/C3H2N6O3/c10-1(2(11)5-6-2)3(7-4-1)8-9-12-3/h10-11H. The maximum atomic E-state index is 9.60. The lowest BCUT2D eigenvalue weighted by atomic mass is 10.0. The minimum atomic E-state index is -2.04. The average molecular weight is 170 g/mol. The van der Waals surface area contributed by atoms with Crippen LogP contribution in [0, 0.1) is 0 Å². The van der Waals surface area contributed by atoms with Gasteiger partial charge in [-0.1, -0.05) is 5.11 Å². The minimum Gasteiger partial charge on any atom is -0.356 e. The molecule has 2 N–H and O–H groups in total. The Morgan fingerprint density at radius 2 is 1.58 bits per heavy atom. The Kier molecular flexibility index (Phi) is 0.633. The minimum absolute atomic E-state index is 1.62. The molecule has 0 aromatic rings. The molecule has 3 heterocycles. The summed E-state index contributed by atoms with van der Waals surface area (Å²) in [6.07, 6.45) is 0. The first-order valence-electron chi connectivity index (χ1n) is 3.05. The van der Waals surface area contributed by atoms with E-state index in [1.807, 2.05) is 0 Å². The summed E-state index contributed by atoms with van der Waals surface area (Å²) in [7, 11) is 0. The van der Waals surface area contributed by atoms with Crippen LogP contribution < -0.4 is 0 Å². The van der Waals surface area contributed by atoms with Crippen molar-refractivity contribution in [1.29, 1.82) is 0 Å². The predicted octanol–water partition coefficient (Wildman–Crippen LogP) is -0.696. The van der Waals surface area contributed by atoms with Crippen LogP contribution in [0.3, 0.4) is 0 Å². The zero-order valence-corrected chi connectivity index (χ0v) is 5.49. The summed E-state index contributed by atoms with van der Waals surface area (Å²) >= 11 is 0.